The number of benzene rings is 1. The lowest BCUT2D eigenvalue weighted by Crippen LogP contribution is -2.16. The molecular formula is C14H16BrN5OS2. The van der Waals surface area contributed by atoms with Crippen LogP contribution in [0.5, 0.6) is 0 Å². The quantitative estimate of drug-likeness (QED) is 0.526. The van der Waals surface area contributed by atoms with Crippen molar-refractivity contribution in [1.29, 1.82) is 0 Å². The molecule has 1 atom stereocenters. The van der Waals surface area contributed by atoms with Crippen LogP contribution in [0.3, 0.4) is 0 Å². The van der Waals surface area contributed by atoms with Crippen LogP contribution in [-0.4, -0.2) is 35.3 Å². The van der Waals surface area contributed by atoms with E-state index in [1.54, 1.807) is 11.0 Å². The van der Waals surface area contributed by atoms with Gasteiger partial charge in [0.05, 0.1) is 17.7 Å². The summed E-state index contributed by atoms with van der Waals surface area (Å²) in [6, 6.07) is 6.03. The minimum atomic E-state index is -2.89. The molecule has 0 aliphatic rings. The van der Waals surface area contributed by atoms with Crippen molar-refractivity contribution in [3.8, 4) is 0 Å². The fourth-order valence-electron chi connectivity index (χ4n) is 2.44. The number of halogens is 1. The van der Waals surface area contributed by atoms with Crippen LogP contribution in [0.1, 0.15) is 11.3 Å². The minimum absolute atomic E-state index is 0.203. The molecule has 0 amide bonds. The Morgan fingerprint density at radius 3 is 2.83 bits per heavy atom. The van der Waals surface area contributed by atoms with Crippen LogP contribution >= 0.6 is 28.1 Å². The van der Waals surface area contributed by atoms with Crippen molar-refractivity contribution < 1.29 is 4.21 Å². The van der Waals surface area contributed by atoms with E-state index in [0.717, 1.165) is 26.6 Å². The fraction of sp³-hybridized carbons (Fsp3) is 0.214. The summed E-state index contributed by atoms with van der Waals surface area (Å²) >= 11 is 4.83. The SMILES string of the molecule is C=S(=O)(c1ncn(SNC)n1)n1c(C)c(Br)c2ccc(C)cc21. The highest BCUT2D eigenvalue weighted by Crippen LogP contribution is 2.33. The molecule has 6 nitrogen and oxygen atoms in total. The lowest BCUT2D eigenvalue weighted by atomic mass is 10.2. The third-order valence-electron chi connectivity index (χ3n) is 3.45. The molecule has 3 aromatic rings. The Morgan fingerprint density at radius 1 is 1.39 bits per heavy atom. The van der Waals surface area contributed by atoms with Gasteiger partial charge in [-0.1, -0.05) is 12.1 Å². The number of nitrogens with zero attached hydrogens (tertiary/aromatic N) is 4. The van der Waals surface area contributed by atoms with E-state index >= 15 is 0 Å². The molecule has 0 fully saturated rings. The molecule has 0 aliphatic carbocycles. The monoisotopic (exact) mass is 413 g/mol. The first-order valence-electron chi connectivity index (χ1n) is 6.77. The van der Waals surface area contributed by atoms with Crippen molar-refractivity contribution in [2.75, 3.05) is 7.05 Å². The maximum atomic E-state index is 13.4. The molecule has 1 aromatic carbocycles. The van der Waals surface area contributed by atoms with Gasteiger partial charge in [0.25, 0.3) is 5.16 Å². The third kappa shape index (κ3) is 2.71. The molecule has 0 aliphatic heterocycles. The van der Waals surface area contributed by atoms with Crippen LogP contribution in [0.2, 0.25) is 0 Å². The summed E-state index contributed by atoms with van der Waals surface area (Å²) in [5, 5.41) is 5.46. The van der Waals surface area contributed by atoms with Crippen LogP contribution in [0.4, 0.5) is 0 Å². The zero-order valence-corrected chi connectivity index (χ0v) is 16.1. The van der Waals surface area contributed by atoms with Gasteiger partial charge in [0.2, 0.25) is 0 Å². The van der Waals surface area contributed by atoms with E-state index in [2.05, 4.69) is 36.6 Å². The van der Waals surface area contributed by atoms with Crippen molar-refractivity contribution in [2.24, 2.45) is 0 Å². The molecule has 2 heterocycles. The molecule has 2 aromatic heterocycles. The minimum Gasteiger partial charge on any atom is -0.264 e. The summed E-state index contributed by atoms with van der Waals surface area (Å²) in [6.45, 7) is 3.91. The molecule has 0 saturated carbocycles. The highest BCUT2D eigenvalue weighted by atomic mass is 79.9. The molecule has 1 unspecified atom stereocenters. The number of hydrogen-bond donors (Lipinski definition) is 1. The van der Waals surface area contributed by atoms with Crippen LogP contribution in [0.25, 0.3) is 10.9 Å². The van der Waals surface area contributed by atoms with Crippen molar-refractivity contribution in [2.45, 2.75) is 19.0 Å². The normalized spacial score (nSPS) is 14.3. The Kier molecular flexibility index (Phi) is 4.30. The first-order valence-corrected chi connectivity index (χ1v) is 10.0. The molecule has 0 radical (unpaired) electrons. The second kappa shape index (κ2) is 5.97. The van der Waals surface area contributed by atoms with Crippen LogP contribution in [0.15, 0.2) is 34.2 Å². The van der Waals surface area contributed by atoms with Crippen LogP contribution < -0.4 is 4.72 Å². The Hall–Kier alpha value is -1.29. The first-order chi connectivity index (χ1) is 10.9. The summed E-state index contributed by atoms with van der Waals surface area (Å²) in [7, 11) is -1.11. The second-order valence-electron chi connectivity index (χ2n) is 5.08. The molecule has 1 N–H and O–H groups in total. The summed E-state index contributed by atoms with van der Waals surface area (Å²) in [6.07, 6.45) is 1.52. The number of aromatic nitrogens is 4. The zero-order chi connectivity index (χ0) is 16.8. The fourth-order valence-corrected chi connectivity index (χ4v) is 5.11. The Morgan fingerprint density at radius 2 is 2.13 bits per heavy atom. The topological polar surface area (TPSA) is 64.7 Å². The average molecular weight is 414 g/mol. The van der Waals surface area contributed by atoms with E-state index < -0.39 is 9.71 Å². The third-order valence-corrected chi connectivity index (χ3v) is 6.81. The van der Waals surface area contributed by atoms with E-state index in [-0.39, 0.29) is 5.16 Å². The average Bonchev–Trinajstić information content (AvgIpc) is 3.05. The van der Waals surface area contributed by atoms with Crippen LogP contribution in [-0.2, 0) is 9.71 Å². The molecule has 0 saturated heterocycles. The first kappa shape index (κ1) is 16.6. The predicted octanol–water partition coefficient (Wildman–Crippen LogP) is 2.78. The van der Waals surface area contributed by atoms with Gasteiger partial charge in [0.1, 0.15) is 16.0 Å². The summed E-state index contributed by atoms with van der Waals surface area (Å²) in [5.41, 5.74) is 2.78. The van der Waals surface area contributed by atoms with E-state index in [9.17, 15) is 4.21 Å². The number of nitrogens with one attached hydrogen (secondary N) is 1. The molecule has 122 valence electrons. The predicted molar refractivity (Wildman–Crippen MR) is 100 cm³/mol. The van der Waals surface area contributed by atoms with E-state index in [1.165, 1.54) is 22.5 Å². The van der Waals surface area contributed by atoms with Gasteiger partial charge in [-0.3, -0.25) is 3.97 Å². The lowest BCUT2D eigenvalue weighted by Gasteiger charge is -2.11. The number of fused-ring (bicyclic) bond motifs is 1. The van der Waals surface area contributed by atoms with Gasteiger partial charge in [0, 0.05) is 15.6 Å². The van der Waals surface area contributed by atoms with Crippen LogP contribution in [0, 0.1) is 13.8 Å². The second-order valence-corrected chi connectivity index (χ2v) is 8.85. The smallest absolute Gasteiger partial charge is 0.250 e. The van der Waals surface area contributed by atoms with Gasteiger partial charge >= 0.3 is 0 Å². The van der Waals surface area contributed by atoms with Gasteiger partial charge in [-0.2, -0.15) is 4.09 Å². The molecule has 0 spiro atoms. The Bertz CT molecular complexity index is 990. The van der Waals surface area contributed by atoms with Gasteiger partial charge in [-0.05, 0) is 54.3 Å². The summed E-state index contributed by atoms with van der Waals surface area (Å²) < 4.78 is 20.5. The highest BCUT2D eigenvalue weighted by molar-refractivity contribution is 9.10. The number of aryl methyl sites for hydroxylation is 1. The molecule has 9 heteroatoms. The largest absolute Gasteiger partial charge is 0.264 e. The van der Waals surface area contributed by atoms with Gasteiger partial charge in [-0.25, -0.2) is 13.9 Å². The van der Waals surface area contributed by atoms with E-state index in [0.29, 0.717) is 0 Å². The van der Waals surface area contributed by atoms with Crippen molar-refractivity contribution >= 4 is 54.5 Å². The van der Waals surface area contributed by atoms with E-state index in [4.69, 9.17) is 0 Å². The van der Waals surface area contributed by atoms with Crippen molar-refractivity contribution in [3.05, 3.63) is 40.3 Å². The maximum absolute atomic E-state index is 13.4. The van der Waals surface area contributed by atoms with E-state index in [1.807, 2.05) is 32.0 Å². The number of rotatable bonds is 4. The standard InChI is InChI=1S/C14H16BrN5OS2/c1-9-5-6-11-12(7-9)20(10(2)13(11)15)23(4,21)14-17-8-19(18-14)22-16-3/h5-8,16H,4H2,1-3H3. The van der Waals surface area contributed by atoms with Gasteiger partial charge in [-0.15, -0.1) is 5.10 Å². The highest BCUT2D eigenvalue weighted by Gasteiger charge is 2.23. The Balaban J connectivity index is 2.25. The lowest BCUT2D eigenvalue weighted by molar-refractivity contribution is 0.667. The molecular weight excluding hydrogens is 398 g/mol. The molecule has 0 bridgehead atoms. The molecule has 3 rings (SSSR count). The van der Waals surface area contributed by atoms with Crippen molar-refractivity contribution in [1.82, 2.24) is 22.9 Å². The Labute approximate surface area is 147 Å². The maximum Gasteiger partial charge on any atom is 0.250 e. The van der Waals surface area contributed by atoms with Crippen molar-refractivity contribution in [3.63, 3.8) is 0 Å². The van der Waals surface area contributed by atoms with Gasteiger partial charge in [0.15, 0.2) is 0 Å². The van der Waals surface area contributed by atoms with Gasteiger partial charge < -0.3 is 0 Å². The summed E-state index contributed by atoms with van der Waals surface area (Å²) in [5.74, 6) is 3.94. The zero-order valence-electron chi connectivity index (χ0n) is 12.9. The number of hydrogen-bond acceptors (Lipinski definition) is 5. The molecule has 23 heavy (non-hydrogen) atoms. The summed E-state index contributed by atoms with van der Waals surface area (Å²) in [4.78, 5) is 4.18.